The molecule has 3 heterocycles. The van der Waals surface area contributed by atoms with Crippen LogP contribution in [0.1, 0.15) is 5.69 Å². The summed E-state index contributed by atoms with van der Waals surface area (Å²) in [5, 5.41) is 5.24. The van der Waals surface area contributed by atoms with Crippen molar-refractivity contribution < 1.29 is 4.39 Å². The molecule has 0 aliphatic rings. The maximum absolute atomic E-state index is 13.2. The lowest BCUT2D eigenvalue weighted by molar-refractivity contribution is 0.627. The zero-order chi connectivity index (χ0) is 16.5. The van der Waals surface area contributed by atoms with Crippen LogP contribution in [-0.4, -0.2) is 19.7 Å². The van der Waals surface area contributed by atoms with Crippen LogP contribution in [0, 0.1) is 12.7 Å². The largest absolute Gasteiger partial charge is 0.254 e. The van der Waals surface area contributed by atoms with Gasteiger partial charge in [0, 0.05) is 6.20 Å². The van der Waals surface area contributed by atoms with Crippen LogP contribution in [0.5, 0.6) is 0 Å². The van der Waals surface area contributed by atoms with Crippen molar-refractivity contribution in [3.05, 3.63) is 72.4 Å². The molecule has 4 nitrogen and oxygen atoms in total. The predicted molar refractivity (Wildman–Crippen MR) is 92.6 cm³/mol. The number of halogens is 1. The quantitative estimate of drug-likeness (QED) is 0.553. The van der Waals surface area contributed by atoms with Gasteiger partial charge in [-0.05, 0) is 49.4 Å². The number of hydrogen-bond donors (Lipinski definition) is 0. The molecule has 24 heavy (non-hydrogen) atoms. The number of aryl methyl sites for hydroxylation is 1. The van der Waals surface area contributed by atoms with Gasteiger partial charge in [0.15, 0.2) is 0 Å². The van der Waals surface area contributed by atoms with Crippen LogP contribution < -0.4 is 0 Å². The smallest absolute Gasteiger partial charge is 0.142 e. The van der Waals surface area contributed by atoms with Crippen LogP contribution in [0.25, 0.3) is 27.0 Å². The molecule has 0 bridgehead atoms. The number of nitrogens with zero attached hydrogens (tertiary/aromatic N) is 4. The summed E-state index contributed by atoms with van der Waals surface area (Å²) in [6.07, 6.45) is 3.49. The molecule has 4 rings (SSSR count). The van der Waals surface area contributed by atoms with Gasteiger partial charge in [0.2, 0.25) is 0 Å². The van der Waals surface area contributed by atoms with E-state index in [0.29, 0.717) is 0 Å². The Labute approximate surface area is 142 Å². The lowest BCUT2D eigenvalue weighted by atomic mass is 10.2. The van der Waals surface area contributed by atoms with Crippen molar-refractivity contribution in [3.63, 3.8) is 0 Å². The number of aromatic nitrogens is 4. The molecule has 118 valence electrons. The minimum absolute atomic E-state index is 0.265. The van der Waals surface area contributed by atoms with E-state index >= 15 is 0 Å². The first-order valence-electron chi connectivity index (χ1n) is 7.41. The van der Waals surface area contributed by atoms with Crippen molar-refractivity contribution in [2.24, 2.45) is 0 Å². The standard InChI is InChI=1S/C18H13FN4S/c1-12-17(24-18(22-12)15-4-2-3-10-20-15)16-9-11-21-23(16)14-7-5-13(19)6-8-14/h2-11H,1H3. The van der Waals surface area contributed by atoms with E-state index < -0.39 is 0 Å². The monoisotopic (exact) mass is 336 g/mol. The van der Waals surface area contributed by atoms with Crippen molar-refractivity contribution >= 4 is 11.3 Å². The van der Waals surface area contributed by atoms with Crippen molar-refractivity contribution in [3.8, 4) is 27.0 Å². The van der Waals surface area contributed by atoms with Gasteiger partial charge in [-0.3, -0.25) is 4.98 Å². The Hall–Kier alpha value is -2.86. The zero-order valence-corrected chi connectivity index (χ0v) is 13.7. The average molecular weight is 336 g/mol. The maximum Gasteiger partial charge on any atom is 0.142 e. The van der Waals surface area contributed by atoms with Crippen LogP contribution in [-0.2, 0) is 0 Å². The zero-order valence-electron chi connectivity index (χ0n) is 12.8. The van der Waals surface area contributed by atoms with Gasteiger partial charge in [0.1, 0.15) is 10.8 Å². The van der Waals surface area contributed by atoms with Gasteiger partial charge in [-0.2, -0.15) is 5.10 Å². The van der Waals surface area contributed by atoms with E-state index in [4.69, 9.17) is 0 Å². The Morgan fingerprint density at radius 1 is 1.00 bits per heavy atom. The number of benzene rings is 1. The summed E-state index contributed by atoms with van der Waals surface area (Å²) in [7, 11) is 0. The Morgan fingerprint density at radius 3 is 2.58 bits per heavy atom. The van der Waals surface area contributed by atoms with E-state index in [1.807, 2.05) is 31.2 Å². The first kappa shape index (κ1) is 14.7. The molecule has 0 N–H and O–H groups in total. The van der Waals surface area contributed by atoms with Crippen LogP contribution in [0.15, 0.2) is 60.9 Å². The van der Waals surface area contributed by atoms with Gasteiger partial charge in [0.05, 0.1) is 33.8 Å². The van der Waals surface area contributed by atoms with Crippen molar-refractivity contribution in [2.45, 2.75) is 6.92 Å². The molecule has 0 spiro atoms. The fourth-order valence-corrected chi connectivity index (χ4v) is 3.55. The van der Waals surface area contributed by atoms with Gasteiger partial charge in [-0.1, -0.05) is 6.07 Å². The third kappa shape index (κ3) is 2.61. The van der Waals surface area contributed by atoms with Crippen molar-refractivity contribution in [2.75, 3.05) is 0 Å². The van der Waals surface area contributed by atoms with Gasteiger partial charge in [-0.15, -0.1) is 11.3 Å². The van der Waals surface area contributed by atoms with Gasteiger partial charge >= 0.3 is 0 Å². The molecular formula is C18H13FN4S. The third-order valence-corrected chi connectivity index (χ3v) is 4.83. The molecule has 0 saturated carbocycles. The Balaban J connectivity index is 1.80. The van der Waals surface area contributed by atoms with Gasteiger partial charge in [-0.25, -0.2) is 14.1 Å². The van der Waals surface area contributed by atoms with Crippen LogP contribution in [0.4, 0.5) is 4.39 Å². The molecule has 0 aliphatic heterocycles. The highest BCUT2D eigenvalue weighted by Gasteiger charge is 2.16. The fraction of sp³-hybridized carbons (Fsp3) is 0.0556. The van der Waals surface area contributed by atoms with Crippen molar-refractivity contribution in [1.29, 1.82) is 0 Å². The lowest BCUT2D eigenvalue weighted by Crippen LogP contribution is -1.98. The fourth-order valence-electron chi connectivity index (χ4n) is 2.50. The second-order valence-electron chi connectivity index (χ2n) is 5.25. The number of pyridine rings is 1. The molecule has 0 fully saturated rings. The maximum atomic E-state index is 13.2. The van der Waals surface area contributed by atoms with Gasteiger partial charge in [0.25, 0.3) is 0 Å². The summed E-state index contributed by atoms with van der Waals surface area (Å²) in [6.45, 7) is 1.97. The predicted octanol–water partition coefficient (Wildman–Crippen LogP) is 4.51. The molecule has 6 heteroatoms. The Bertz CT molecular complexity index is 974. The van der Waals surface area contributed by atoms with Gasteiger partial charge < -0.3 is 0 Å². The minimum atomic E-state index is -0.265. The summed E-state index contributed by atoms with van der Waals surface area (Å²) >= 11 is 1.57. The summed E-state index contributed by atoms with van der Waals surface area (Å²) in [4.78, 5) is 10.0. The third-order valence-electron chi connectivity index (χ3n) is 3.63. The highest BCUT2D eigenvalue weighted by Crippen LogP contribution is 2.35. The summed E-state index contributed by atoms with van der Waals surface area (Å²) in [6, 6.07) is 14.0. The average Bonchev–Trinajstić information content (AvgIpc) is 3.23. The number of hydrogen-bond acceptors (Lipinski definition) is 4. The molecule has 3 aromatic heterocycles. The van der Waals surface area contributed by atoms with E-state index in [1.165, 1.54) is 12.1 Å². The number of thiazole rings is 1. The molecular weight excluding hydrogens is 323 g/mol. The van der Waals surface area contributed by atoms with E-state index in [9.17, 15) is 4.39 Å². The topological polar surface area (TPSA) is 43.6 Å². The highest BCUT2D eigenvalue weighted by molar-refractivity contribution is 7.18. The van der Waals surface area contributed by atoms with E-state index in [-0.39, 0.29) is 5.82 Å². The Kier molecular flexibility index (Phi) is 3.66. The molecule has 0 unspecified atom stereocenters. The van der Waals surface area contributed by atoms with Crippen LogP contribution in [0.2, 0.25) is 0 Å². The van der Waals surface area contributed by atoms with E-state index in [0.717, 1.165) is 32.7 Å². The first-order chi connectivity index (χ1) is 11.7. The van der Waals surface area contributed by atoms with Crippen molar-refractivity contribution in [1.82, 2.24) is 19.7 Å². The summed E-state index contributed by atoms with van der Waals surface area (Å²) in [5.74, 6) is -0.265. The summed E-state index contributed by atoms with van der Waals surface area (Å²) < 4.78 is 15.0. The molecule has 0 atom stereocenters. The minimum Gasteiger partial charge on any atom is -0.254 e. The van der Waals surface area contributed by atoms with E-state index in [1.54, 1.807) is 40.5 Å². The molecule has 0 aliphatic carbocycles. The Morgan fingerprint density at radius 2 is 1.83 bits per heavy atom. The number of rotatable bonds is 3. The second-order valence-corrected chi connectivity index (χ2v) is 6.25. The molecule has 0 saturated heterocycles. The van der Waals surface area contributed by atoms with Crippen LogP contribution in [0.3, 0.4) is 0 Å². The van der Waals surface area contributed by atoms with Crippen LogP contribution >= 0.6 is 11.3 Å². The molecule has 0 radical (unpaired) electrons. The summed E-state index contributed by atoms with van der Waals surface area (Å²) in [5.41, 5.74) is 3.51. The molecule has 4 aromatic rings. The molecule has 1 aromatic carbocycles. The SMILES string of the molecule is Cc1nc(-c2ccccn2)sc1-c1ccnn1-c1ccc(F)cc1. The highest BCUT2D eigenvalue weighted by atomic mass is 32.1. The van der Waals surface area contributed by atoms with E-state index in [2.05, 4.69) is 15.1 Å². The first-order valence-corrected chi connectivity index (χ1v) is 8.23. The lowest BCUT2D eigenvalue weighted by Gasteiger charge is -2.06. The molecule has 0 amide bonds. The normalized spacial score (nSPS) is 10.9. The second kappa shape index (κ2) is 5.98.